The summed E-state index contributed by atoms with van der Waals surface area (Å²) in [4.78, 5) is 25.5. The van der Waals surface area contributed by atoms with Crippen LogP contribution >= 0.6 is 0 Å². The van der Waals surface area contributed by atoms with Gasteiger partial charge in [-0.1, -0.05) is 27.7 Å². The molecule has 0 spiro atoms. The van der Waals surface area contributed by atoms with E-state index in [4.69, 9.17) is 0 Å². The molecule has 4 nitrogen and oxygen atoms in total. The Morgan fingerprint density at radius 1 is 1.06 bits per heavy atom. The first-order valence-corrected chi connectivity index (χ1v) is 6.18. The number of carbonyl (C=O) groups excluding carboxylic acids is 2. The second kappa shape index (κ2) is 6.74. The second-order valence-electron chi connectivity index (χ2n) is 5.26. The van der Waals surface area contributed by atoms with Gasteiger partial charge in [0.2, 0.25) is 5.91 Å². The number of amides is 1. The molecule has 4 heteroatoms. The molecule has 0 aromatic rings. The van der Waals surface area contributed by atoms with Crippen LogP contribution in [0.2, 0.25) is 0 Å². The zero-order valence-electron chi connectivity index (χ0n) is 12.1. The van der Waals surface area contributed by atoms with Crippen LogP contribution in [0.25, 0.3) is 0 Å². The lowest BCUT2D eigenvalue weighted by atomic mass is 9.96. The zero-order valence-corrected chi connectivity index (χ0v) is 12.1. The Bertz CT molecular complexity index is 275. The molecule has 0 aromatic carbocycles. The molecule has 0 aromatic heterocycles. The van der Waals surface area contributed by atoms with Crippen molar-refractivity contribution in [1.29, 1.82) is 0 Å². The van der Waals surface area contributed by atoms with E-state index in [1.165, 1.54) is 6.92 Å². The molecule has 0 saturated carbocycles. The van der Waals surface area contributed by atoms with Crippen LogP contribution in [0, 0.1) is 11.8 Å². The summed E-state index contributed by atoms with van der Waals surface area (Å²) >= 11 is 0. The van der Waals surface area contributed by atoms with Gasteiger partial charge < -0.3 is 10.2 Å². The first kappa shape index (κ1) is 16.1. The molecule has 0 heterocycles. The van der Waals surface area contributed by atoms with Crippen molar-refractivity contribution in [3.8, 4) is 0 Å². The van der Waals surface area contributed by atoms with Crippen molar-refractivity contribution >= 4 is 11.7 Å². The number of rotatable bonds is 6. The Labute approximate surface area is 105 Å². The molecule has 0 aliphatic heterocycles. The summed E-state index contributed by atoms with van der Waals surface area (Å²) in [6.07, 6.45) is 0. The van der Waals surface area contributed by atoms with Crippen molar-refractivity contribution in [3.63, 3.8) is 0 Å². The summed E-state index contributed by atoms with van der Waals surface area (Å²) in [5.41, 5.74) is 0. The molecule has 0 bridgehead atoms. The lowest BCUT2D eigenvalue weighted by Crippen LogP contribution is -2.53. The van der Waals surface area contributed by atoms with E-state index in [-0.39, 0.29) is 35.6 Å². The number of hydrogen-bond acceptors (Lipinski definition) is 3. The number of carbonyl (C=O) groups is 2. The molecule has 1 amide bonds. The van der Waals surface area contributed by atoms with E-state index < -0.39 is 0 Å². The maximum atomic E-state index is 12.3. The minimum atomic E-state index is -0.336. The van der Waals surface area contributed by atoms with E-state index in [0.717, 1.165) is 0 Å². The van der Waals surface area contributed by atoms with Crippen LogP contribution in [0.1, 0.15) is 34.6 Å². The first-order chi connectivity index (χ1) is 7.73. The van der Waals surface area contributed by atoms with Gasteiger partial charge in [-0.15, -0.1) is 0 Å². The third kappa shape index (κ3) is 4.11. The lowest BCUT2D eigenvalue weighted by molar-refractivity contribution is -0.141. The average Bonchev–Trinajstić information content (AvgIpc) is 2.16. The monoisotopic (exact) mass is 242 g/mol. The highest BCUT2D eigenvalue weighted by molar-refractivity contribution is 5.89. The molecule has 0 saturated heterocycles. The Kier molecular flexibility index (Phi) is 6.39. The van der Waals surface area contributed by atoms with Crippen molar-refractivity contribution in [2.24, 2.45) is 11.8 Å². The van der Waals surface area contributed by atoms with E-state index in [1.807, 2.05) is 27.7 Å². The summed E-state index contributed by atoms with van der Waals surface area (Å²) in [5.74, 6) is 0.353. The topological polar surface area (TPSA) is 49.4 Å². The van der Waals surface area contributed by atoms with Crippen molar-refractivity contribution in [1.82, 2.24) is 10.2 Å². The molecule has 0 rings (SSSR count). The summed E-state index contributed by atoms with van der Waals surface area (Å²) in [6, 6.07) is -0.572. The third-order valence-corrected chi connectivity index (χ3v) is 3.06. The van der Waals surface area contributed by atoms with Crippen LogP contribution in [0.4, 0.5) is 0 Å². The van der Waals surface area contributed by atoms with E-state index in [2.05, 4.69) is 5.32 Å². The van der Waals surface area contributed by atoms with Gasteiger partial charge in [-0.3, -0.25) is 9.59 Å². The molecule has 1 N–H and O–H groups in total. The normalized spacial score (nSPS) is 14.9. The first-order valence-electron chi connectivity index (χ1n) is 6.18. The Morgan fingerprint density at radius 2 is 1.53 bits per heavy atom. The van der Waals surface area contributed by atoms with Gasteiger partial charge in [0.25, 0.3) is 0 Å². The van der Waals surface area contributed by atoms with Gasteiger partial charge in [-0.25, -0.2) is 0 Å². The lowest BCUT2D eigenvalue weighted by Gasteiger charge is -2.33. The molecule has 17 heavy (non-hydrogen) atoms. The number of Topliss-reactive ketones (excluding diaryl/α,β-unsaturated/α-hetero) is 1. The fourth-order valence-electron chi connectivity index (χ4n) is 2.29. The van der Waals surface area contributed by atoms with Gasteiger partial charge in [-0.2, -0.15) is 0 Å². The average molecular weight is 242 g/mol. The van der Waals surface area contributed by atoms with Crippen molar-refractivity contribution in [3.05, 3.63) is 0 Å². The smallest absolute Gasteiger partial charge is 0.240 e. The predicted octanol–water partition coefficient (Wildman–Crippen LogP) is 1.30. The molecular weight excluding hydrogens is 216 g/mol. The van der Waals surface area contributed by atoms with Crippen LogP contribution in [-0.2, 0) is 9.59 Å². The van der Waals surface area contributed by atoms with Crippen LogP contribution < -0.4 is 5.32 Å². The van der Waals surface area contributed by atoms with Crippen LogP contribution in [0.15, 0.2) is 0 Å². The van der Waals surface area contributed by atoms with Gasteiger partial charge in [0.15, 0.2) is 5.78 Å². The highest BCUT2D eigenvalue weighted by Crippen LogP contribution is 2.14. The van der Waals surface area contributed by atoms with Gasteiger partial charge in [0.1, 0.15) is 0 Å². The largest absolute Gasteiger partial charge is 0.334 e. The molecule has 2 unspecified atom stereocenters. The summed E-state index contributed by atoms with van der Waals surface area (Å²) in [5, 5.41) is 3.01. The van der Waals surface area contributed by atoms with E-state index in [9.17, 15) is 9.59 Å². The maximum Gasteiger partial charge on any atom is 0.240 e. The minimum absolute atomic E-state index is 0.0172. The number of ketones is 1. The molecule has 0 radical (unpaired) electrons. The zero-order chi connectivity index (χ0) is 13.7. The van der Waals surface area contributed by atoms with Crippen molar-refractivity contribution in [2.45, 2.75) is 46.7 Å². The Morgan fingerprint density at radius 3 is 1.76 bits per heavy atom. The van der Waals surface area contributed by atoms with Gasteiger partial charge in [0.05, 0.1) is 12.1 Å². The van der Waals surface area contributed by atoms with Gasteiger partial charge >= 0.3 is 0 Å². The van der Waals surface area contributed by atoms with Gasteiger partial charge in [0, 0.05) is 7.05 Å². The van der Waals surface area contributed by atoms with Gasteiger partial charge in [-0.05, 0) is 25.8 Å². The standard InChI is InChI=1S/C13H26N2O2/c1-8(2)11(14-6)13(17)15(7)12(9(3)4)10(5)16/h8-9,11-12,14H,1-7H3. The number of nitrogens with one attached hydrogen (secondary N) is 1. The Balaban J connectivity index is 4.94. The van der Waals surface area contributed by atoms with E-state index in [1.54, 1.807) is 19.0 Å². The second-order valence-corrected chi connectivity index (χ2v) is 5.26. The van der Waals surface area contributed by atoms with Crippen molar-refractivity contribution < 1.29 is 9.59 Å². The molecular formula is C13H26N2O2. The maximum absolute atomic E-state index is 12.3. The summed E-state index contributed by atoms with van der Waals surface area (Å²) < 4.78 is 0. The predicted molar refractivity (Wildman–Crippen MR) is 69.8 cm³/mol. The van der Waals surface area contributed by atoms with Crippen LogP contribution in [0.5, 0.6) is 0 Å². The van der Waals surface area contributed by atoms with Crippen LogP contribution in [-0.4, -0.2) is 42.8 Å². The number of hydrogen-bond donors (Lipinski definition) is 1. The van der Waals surface area contributed by atoms with E-state index in [0.29, 0.717) is 0 Å². The number of nitrogens with zero attached hydrogens (tertiary/aromatic N) is 1. The molecule has 100 valence electrons. The highest BCUT2D eigenvalue weighted by Gasteiger charge is 2.31. The molecule has 2 atom stereocenters. The number of likely N-dealkylation sites (N-methyl/N-ethyl adjacent to an activating group) is 2. The van der Waals surface area contributed by atoms with Crippen molar-refractivity contribution in [2.75, 3.05) is 14.1 Å². The summed E-state index contributed by atoms with van der Waals surface area (Å²) in [6.45, 7) is 9.44. The minimum Gasteiger partial charge on any atom is -0.334 e. The quantitative estimate of drug-likeness (QED) is 0.764. The summed E-state index contributed by atoms with van der Waals surface area (Å²) in [7, 11) is 3.48. The molecule has 0 aliphatic carbocycles. The SMILES string of the molecule is CNC(C(=O)N(C)C(C(C)=O)C(C)C)C(C)C. The fourth-order valence-corrected chi connectivity index (χ4v) is 2.29. The van der Waals surface area contributed by atoms with Crippen LogP contribution in [0.3, 0.4) is 0 Å². The molecule has 0 aliphatic rings. The van der Waals surface area contributed by atoms with E-state index >= 15 is 0 Å². The fraction of sp³-hybridized carbons (Fsp3) is 0.846. The molecule has 0 fully saturated rings. The Hall–Kier alpha value is -0.900. The third-order valence-electron chi connectivity index (χ3n) is 3.06. The highest BCUT2D eigenvalue weighted by atomic mass is 16.2.